The van der Waals surface area contributed by atoms with Crippen molar-refractivity contribution in [3.05, 3.63) is 72.1 Å². The SMILES string of the molecule is Cc1cccc(OCCCNC(=O)Nc2cccc(-n3nccc3C)c2)c1. The highest BCUT2D eigenvalue weighted by atomic mass is 16.5. The van der Waals surface area contributed by atoms with E-state index in [-0.39, 0.29) is 6.03 Å². The van der Waals surface area contributed by atoms with Crippen LogP contribution in [0.2, 0.25) is 0 Å². The molecule has 0 saturated carbocycles. The number of hydrogen-bond donors (Lipinski definition) is 2. The number of carbonyl (C=O) groups is 1. The maximum atomic E-state index is 12.1. The quantitative estimate of drug-likeness (QED) is 0.621. The van der Waals surface area contributed by atoms with Crippen LogP contribution >= 0.6 is 0 Å². The molecule has 0 unspecified atom stereocenters. The summed E-state index contributed by atoms with van der Waals surface area (Å²) >= 11 is 0. The van der Waals surface area contributed by atoms with Gasteiger partial charge in [0, 0.05) is 24.1 Å². The zero-order valence-corrected chi connectivity index (χ0v) is 15.6. The summed E-state index contributed by atoms with van der Waals surface area (Å²) in [6.07, 6.45) is 2.48. The second-order valence-corrected chi connectivity index (χ2v) is 6.33. The predicted molar refractivity (Wildman–Crippen MR) is 107 cm³/mol. The van der Waals surface area contributed by atoms with Gasteiger partial charge in [-0.05, 0) is 62.2 Å². The summed E-state index contributed by atoms with van der Waals surface area (Å²) in [6.45, 7) is 5.10. The highest BCUT2D eigenvalue weighted by Gasteiger charge is 2.05. The lowest BCUT2D eigenvalue weighted by Crippen LogP contribution is -2.30. The maximum absolute atomic E-state index is 12.1. The van der Waals surface area contributed by atoms with Crippen molar-refractivity contribution in [2.24, 2.45) is 0 Å². The first-order valence-electron chi connectivity index (χ1n) is 8.97. The molecule has 3 aromatic rings. The highest BCUT2D eigenvalue weighted by Crippen LogP contribution is 2.15. The van der Waals surface area contributed by atoms with Crippen LogP contribution in [0.3, 0.4) is 0 Å². The van der Waals surface area contributed by atoms with Crippen molar-refractivity contribution in [2.75, 3.05) is 18.5 Å². The van der Waals surface area contributed by atoms with Gasteiger partial charge in [-0.2, -0.15) is 5.10 Å². The van der Waals surface area contributed by atoms with E-state index >= 15 is 0 Å². The van der Waals surface area contributed by atoms with Crippen LogP contribution in [0, 0.1) is 13.8 Å². The van der Waals surface area contributed by atoms with Gasteiger partial charge in [0.05, 0.1) is 12.3 Å². The molecule has 0 spiro atoms. The molecule has 1 aromatic heterocycles. The molecule has 0 saturated heterocycles. The Morgan fingerprint density at radius 1 is 1.11 bits per heavy atom. The number of carbonyl (C=O) groups excluding carboxylic acids is 1. The smallest absolute Gasteiger partial charge is 0.319 e. The number of amides is 2. The van der Waals surface area contributed by atoms with Crippen LogP contribution in [0.1, 0.15) is 17.7 Å². The molecule has 27 heavy (non-hydrogen) atoms. The van der Waals surface area contributed by atoms with Gasteiger partial charge in [-0.3, -0.25) is 0 Å². The number of ether oxygens (including phenoxy) is 1. The molecule has 0 fully saturated rings. The molecule has 0 aliphatic rings. The van der Waals surface area contributed by atoms with E-state index < -0.39 is 0 Å². The van der Waals surface area contributed by atoms with E-state index in [9.17, 15) is 4.79 Å². The fourth-order valence-electron chi connectivity index (χ4n) is 2.70. The van der Waals surface area contributed by atoms with Crippen LogP contribution in [0.5, 0.6) is 5.75 Å². The van der Waals surface area contributed by atoms with E-state index in [0.717, 1.165) is 34.8 Å². The van der Waals surface area contributed by atoms with Crippen LogP contribution in [-0.2, 0) is 0 Å². The molecular formula is C21H24N4O2. The Labute approximate surface area is 159 Å². The summed E-state index contributed by atoms with van der Waals surface area (Å²) < 4.78 is 7.50. The number of aryl methyl sites for hydroxylation is 2. The Kier molecular flexibility index (Phi) is 6.10. The number of urea groups is 1. The van der Waals surface area contributed by atoms with Crippen molar-refractivity contribution < 1.29 is 9.53 Å². The summed E-state index contributed by atoms with van der Waals surface area (Å²) in [5.74, 6) is 0.852. The summed E-state index contributed by atoms with van der Waals surface area (Å²) in [7, 11) is 0. The minimum Gasteiger partial charge on any atom is -0.494 e. The molecule has 0 atom stereocenters. The summed E-state index contributed by atoms with van der Waals surface area (Å²) in [6, 6.07) is 17.2. The van der Waals surface area contributed by atoms with E-state index in [1.165, 1.54) is 0 Å². The van der Waals surface area contributed by atoms with Crippen LogP contribution in [-0.4, -0.2) is 29.0 Å². The molecule has 2 aromatic carbocycles. The highest BCUT2D eigenvalue weighted by molar-refractivity contribution is 5.89. The minimum absolute atomic E-state index is 0.236. The van der Waals surface area contributed by atoms with Crippen molar-refractivity contribution in [1.29, 1.82) is 0 Å². The van der Waals surface area contributed by atoms with Crippen molar-refractivity contribution in [3.63, 3.8) is 0 Å². The monoisotopic (exact) mass is 364 g/mol. The molecule has 0 aliphatic heterocycles. The van der Waals surface area contributed by atoms with Gasteiger partial charge in [-0.15, -0.1) is 0 Å². The normalized spacial score (nSPS) is 10.4. The van der Waals surface area contributed by atoms with Crippen LogP contribution in [0.15, 0.2) is 60.8 Å². The third kappa shape index (κ3) is 5.34. The van der Waals surface area contributed by atoms with E-state index in [1.54, 1.807) is 6.20 Å². The number of anilines is 1. The number of nitrogens with zero attached hydrogens (tertiary/aromatic N) is 2. The molecule has 0 radical (unpaired) electrons. The number of rotatable bonds is 7. The number of benzene rings is 2. The van der Waals surface area contributed by atoms with Crippen LogP contribution in [0.25, 0.3) is 5.69 Å². The van der Waals surface area contributed by atoms with E-state index in [4.69, 9.17) is 4.74 Å². The minimum atomic E-state index is -0.236. The van der Waals surface area contributed by atoms with Gasteiger partial charge in [0.15, 0.2) is 0 Å². The molecule has 6 heteroatoms. The average Bonchev–Trinajstić information content (AvgIpc) is 3.08. The Hall–Kier alpha value is -3.28. The lowest BCUT2D eigenvalue weighted by molar-refractivity contribution is 0.250. The fourth-order valence-corrected chi connectivity index (χ4v) is 2.70. The topological polar surface area (TPSA) is 68.2 Å². The third-order valence-corrected chi connectivity index (χ3v) is 4.05. The average molecular weight is 364 g/mol. The van der Waals surface area contributed by atoms with Crippen molar-refractivity contribution in [2.45, 2.75) is 20.3 Å². The molecule has 0 aliphatic carbocycles. The van der Waals surface area contributed by atoms with E-state index in [0.29, 0.717) is 13.2 Å². The summed E-state index contributed by atoms with van der Waals surface area (Å²) in [5.41, 5.74) is 3.82. The molecule has 2 amide bonds. The zero-order chi connectivity index (χ0) is 19.1. The Morgan fingerprint density at radius 3 is 2.74 bits per heavy atom. The third-order valence-electron chi connectivity index (χ3n) is 4.05. The Morgan fingerprint density at radius 2 is 1.96 bits per heavy atom. The zero-order valence-electron chi connectivity index (χ0n) is 15.6. The second-order valence-electron chi connectivity index (χ2n) is 6.33. The molecule has 2 N–H and O–H groups in total. The molecular weight excluding hydrogens is 340 g/mol. The van der Waals surface area contributed by atoms with E-state index in [2.05, 4.69) is 15.7 Å². The molecule has 140 valence electrons. The molecule has 6 nitrogen and oxygen atoms in total. The lowest BCUT2D eigenvalue weighted by Gasteiger charge is -2.10. The summed E-state index contributed by atoms with van der Waals surface area (Å²) in [5, 5.41) is 9.97. The van der Waals surface area contributed by atoms with Crippen LogP contribution in [0.4, 0.5) is 10.5 Å². The van der Waals surface area contributed by atoms with Gasteiger partial charge in [-0.1, -0.05) is 18.2 Å². The Bertz CT molecular complexity index is 904. The van der Waals surface area contributed by atoms with Gasteiger partial charge < -0.3 is 15.4 Å². The number of aromatic nitrogens is 2. The van der Waals surface area contributed by atoms with Gasteiger partial charge in [-0.25, -0.2) is 9.48 Å². The largest absolute Gasteiger partial charge is 0.494 e. The first-order valence-corrected chi connectivity index (χ1v) is 8.97. The van der Waals surface area contributed by atoms with E-state index in [1.807, 2.05) is 73.1 Å². The number of nitrogens with one attached hydrogen (secondary N) is 2. The first-order chi connectivity index (χ1) is 13.1. The molecule has 3 rings (SSSR count). The van der Waals surface area contributed by atoms with Gasteiger partial charge in [0.1, 0.15) is 5.75 Å². The summed E-state index contributed by atoms with van der Waals surface area (Å²) in [4.78, 5) is 12.1. The van der Waals surface area contributed by atoms with Gasteiger partial charge >= 0.3 is 6.03 Å². The van der Waals surface area contributed by atoms with Crippen molar-refractivity contribution in [1.82, 2.24) is 15.1 Å². The Balaban J connectivity index is 1.42. The number of hydrogen-bond acceptors (Lipinski definition) is 3. The lowest BCUT2D eigenvalue weighted by atomic mass is 10.2. The van der Waals surface area contributed by atoms with Gasteiger partial charge in [0.2, 0.25) is 0 Å². The molecule has 0 bridgehead atoms. The first kappa shape index (κ1) is 18.5. The standard InChI is InChI=1S/C21H24N4O2/c1-16-6-3-9-20(14-16)27-13-5-11-22-21(26)24-18-7-4-8-19(15-18)25-17(2)10-12-23-25/h3-4,6-10,12,14-15H,5,11,13H2,1-2H3,(H2,22,24,26). The van der Waals surface area contributed by atoms with Gasteiger partial charge in [0.25, 0.3) is 0 Å². The van der Waals surface area contributed by atoms with Crippen molar-refractivity contribution in [3.8, 4) is 11.4 Å². The second kappa shape index (κ2) is 8.89. The molecule has 1 heterocycles. The maximum Gasteiger partial charge on any atom is 0.319 e. The van der Waals surface area contributed by atoms with Crippen molar-refractivity contribution >= 4 is 11.7 Å². The predicted octanol–water partition coefficient (Wildman–Crippen LogP) is 4.08. The van der Waals surface area contributed by atoms with Crippen LogP contribution < -0.4 is 15.4 Å². The fraction of sp³-hybridized carbons (Fsp3) is 0.238.